The number of amides is 1. The van der Waals surface area contributed by atoms with E-state index in [0.717, 1.165) is 24.1 Å². The summed E-state index contributed by atoms with van der Waals surface area (Å²) in [5.41, 5.74) is 0.650. The highest BCUT2D eigenvalue weighted by molar-refractivity contribution is 9.10. The van der Waals surface area contributed by atoms with E-state index in [1.54, 1.807) is 0 Å². The third-order valence-electron chi connectivity index (χ3n) is 3.23. The van der Waals surface area contributed by atoms with Gasteiger partial charge in [0.15, 0.2) is 0 Å². The number of carbonyl (C=O) groups is 1. The maximum absolute atomic E-state index is 12.5. The van der Waals surface area contributed by atoms with Crippen LogP contribution in [0.5, 0.6) is 5.75 Å². The van der Waals surface area contributed by atoms with Crippen molar-refractivity contribution in [3.8, 4) is 5.75 Å². The monoisotopic (exact) mass is 296 g/mol. The number of hydrogen-bond acceptors (Lipinski definition) is 3. The summed E-state index contributed by atoms with van der Waals surface area (Å²) in [4.78, 5) is 14.4. The van der Waals surface area contributed by atoms with E-state index in [-0.39, 0.29) is 11.9 Å². The standard InChI is InChI=1S/C12H13BrN2O2/c13-9-2-1-3-10-11(9)12(16)15-5-4-14-6-8(15)7-17-10/h1-3,8,14H,4-7H2. The molecule has 2 aliphatic rings. The first kappa shape index (κ1) is 11.0. The summed E-state index contributed by atoms with van der Waals surface area (Å²) in [6.45, 7) is 2.95. The van der Waals surface area contributed by atoms with Crippen molar-refractivity contribution in [1.29, 1.82) is 0 Å². The molecule has 1 aromatic carbocycles. The van der Waals surface area contributed by atoms with Crippen molar-refractivity contribution >= 4 is 21.8 Å². The van der Waals surface area contributed by atoms with Gasteiger partial charge in [0, 0.05) is 24.1 Å². The van der Waals surface area contributed by atoms with Gasteiger partial charge in [0.25, 0.3) is 5.91 Å². The number of halogens is 1. The van der Waals surface area contributed by atoms with E-state index in [0.29, 0.717) is 17.9 Å². The smallest absolute Gasteiger partial charge is 0.259 e. The normalized spacial score (nSPS) is 23.5. The highest BCUT2D eigenvalue weighted by Gasteiger charge is 2.33. The zero-order chi connectivity index (χ0) is 11.8. The lowest BCUT2D eigenvalue weighted by Crippen LogP contribution is -2.54. The van der Waals surface area contributed by atoms with Crippen LogP contribution in [-0.2, 0) is 0 Å². The first-order chi connectivity index (χ1) is 8.27. The fourth-order valence-electron chi connectivity index (χ4n) is 2.34. The van der Waals surface area contributed by atoms with Crippen molar-refractivity contribution in [3.63, 3.8) is 0 Å². The van der Waals surface area contributed by atoms with E-state index in [1.165, 1.54) is 0 Å². The highest BCUT2D eigenvalue weighted by Crippen LogP contribution is 2.31. The van der Waals surface area contributed by atoms with Gasteiger partial charge in [0.05, 0.1) is 11.6 Å². The Hall–Kier alpha value is -1.07. The van der Waals surface area contributed by atoms with Crippen LogP contribution in [0.1, 0.15) is 10.4 Å². The predicted molar refractivity (Wildman–Crippen MR) is 67.3 cm³/mol. The first-order valence-corrected chi connectivity index (χ1v) is 6.49. The lowest BCUT2D eigenvalue weighted by molar-refractivity contribution is 0.0606. The van der Waals surface area contributed by atoms with Crippen LogP contribution < -0.4 is 10.1 Å². The number of rotatable bonds is 0. The van der Waals surface area contributed by atoms with E-state index < -0.39 is 0 Å². The average Bonchev–Trinajstić information content (AvgIpc) is 2.49. The molecule has 90 valence electrons. The topological polar surface area (TPSA) is 41.6 Å². The number of nitrogens with one attached hydrogen (secondary N) is 1. The highest BCUT2D eigenvalue weighted by atomic mass is 79.9. The van der Waals surface area contributed by atoms with Crippen molar-refractivity contribution < 1.29 is 9.53 Å². The fourth-order valence-corrected chi connectivity index (χ4v) is 2.86. The summed E-state index contributed by atoms with van der Waals surface area (Å²) < 4.78 is 6.54. The van der Waals surface area contributed by atoms with Gasteiger partial charge in [-0.2, -0.15) is 0 Å². The molecule has 0 aliphatic carbocycles. The molecule has 17 heavy (non-hydrogen) atoms. The lowest BCUT2D eigenvalue weighted by Gasteiger charge is -2.33. The van der Waals surface area contributed by atoms with E-state index in [4.69, 9.17) is 4.74 Å². The molecule has 5 heteroatoms. The molecule has 1 unspecified atom stereocenters. The van der Waals surface area contributed by atoms with Crippen LogP contribution in [-0.4, -0.2) is 43.1 Å². The predicted octanol–water partition coefficient (Wildman–Crippen LogP) is 1.26. The van der Waals surface area contributed by atoms with Gasteiger partial charge in [0.2, 0.25) is 0 Å². The molecule has 4 nitrogen and oxygen atoms in total. The second-order valence-corrected chi connectivity index (χ2v) is 5.13. The number of piperazine rings is 1. The van der Waals surface area contributed by atoms with Gasteiger partial charge in [-0.1, -0.05) is 6.07 Å². The Morgan fingerprint density at radius 3 is 3.24 bits per heavy atom. The Bertz CT molecular complexity index is 464. The molecule has 3 rings (SSSR count). The molecule has 0 spiro atoms. The van der Waals surface area contributed by atoms with E-state index >= 15 is 0 Å². The number of fused-ring (bicyclic) bond motifs is 2. The second-order valence-electron chi connectivity index (χ2n) is 4.28. The van der Waals surface area contributed by atoms with Crippen LogP contribution in [0.25, 0.3) is 0 Å². The molecular formula is C12H13BrN2O2. The van der Waals surface area contributed by atoms with Gasteiger partial charge in [-0.05, 0) is 28.1 Å². The Balaban J connectivity index is 2.05. The van der Waals surface area contributed by atoms with E-state index in [1.807, 2.05) is 23.1 Å². The summed E-state index contributed by atoms with van der Waals surface area (Å²) in [6.07, 6.45) is 0. The minimum absolute atomic E-state index is 0.0662. The molecule has 1 N–H and O–H groups in total. The van der Waals surface area contributed by atoms with Crippen molar-refractivity contribution in [3.05, 3.63) is 28.2 Å². The van der Waals surface area contributed by atoms with Crippen LogP contribution >= 0.6 is 15.9 Å². The summed E-state index contributed by atoms with van der Waals surface area (Å²) in [5, 5.41) is 3.29. The average molecular weight is 297 g/mol. The van der Waals surface area contributed by atoms with Gasteiger partial charge in [-0.3, -0.25) is 4.79 Å². The number of carbonyl (C=O) groups excluding carboxylic acids is 1. The Labute approximate surface area is 108 Å². The largest absolute Gasteiger partial charge is 0.491 e. The molecular weight excluding hydrogens is 284 g/mol. The minimum Gasteiger partial charge on any atom is -0.491 e. The van der Waals surface area contributed by atoms with Gasteiger partial charge in [-0.25, -0.2) is 0 Å². The molecule has 0 aromatic heterocycles. The molecule has 2 heterocycles. The maximum atomic E-state index is 12.5. The van der Waals surface area contributed by atoms with Crippen LogP contribution in [0.3, 0.4) is 0 Å². The SMILES string of the molecule is O=C1c2c(Br)cccc2OCC2CNCCN12. The molecule has 0 radical (unpaired) electrons. The van der Waals surface area contributed by atoms with Crippen LogP contribution in [0.4, 0.5) is 0 Å². The van der Waals surface area contributed by atoms with E-state index in [2.05, 4.69) is 21.2 Å². The van der Waals surface area contributed by atoms with Crippen LogP contribution in [0.2, 0.25) is 0 Å². The van der Waals surface area contributed by atoms with Crippen molar-refractivity contribution in [2.24, 2.45) is 0 Å². The molecule has 2 aliphatic heterocycles. The molecule has 1 amide bonds. The molecule has 1 saturated heterocycles. The lowest BCUT2D eigenvalue weighted by atomic mass is 10.1. The molecule has 0 bridgehead atoms. The minimum atomic E-state index is 0.0662. The zero-order valence-corrected chi connectivity index (χ0v) is 10.9. The van der Waals surface area contributed by atoms with Crippen molar-refractivity contribution in [2.45, 2.75) is 6.04 Å². The quantitative estimate of drug-likeness (QED) is 0.784. The molecule has 1 fully saturated rings. The fraction of sp³-hybridized carbons (Fsp3) is 0.417. The summed E-state index contributed by atoms with van der Waals surface area (Å²) in [5.74, 6) is 0.746. The second kappa shape index (κ2) is 4.31. The number of ether oxygens (including phenoxy) is 1. The van der Waals surface area contributed by atoms with Gasteiger partial charge < -0.3 is 15.0 Å². The third-order valence-corrected chi connectivity index (χ3v) is 3.89. The number of nitrogens with zero attached hydrogens (tertiary/aromatic N) is 1. The van der Waals surface area contributed by atoms with Crippen molar-refractivity contribution in [2.75, 3.05) is 26.2 Å². The number of hydrogen-bond donors (Lipinski definition) is 1. The summed E-state index contributed by atoms with van der Waals surface area (Å²) in [6, 6.07) is 5.75. The van der Waals surface area contributed by atoms with Gasteiger partial charge in [-0.15, -0.1) is 0 Å². The van der Waals surface area contributed by atoms with Gasteiger partial charge in [0.1, 0.15) is 12.4 Å². The van der Waals surface area contributed by atoms with Gasteiger partial charge >= 0.3 is 0 Å². The van der Waals surface area contributed by atoms with Crippen molar-refractivity contribution in [1.82, 2.24) is 10.2 Å². The summed E-state index contributed by atoms with van der Waals surface area (Å²) >= 11 is 3.43. The van der Waals surface area contributed by atoms with E-state index in [9.17, 15) is 4.79 Å². The Morgan fingerprint density at radius 1 is 1.47 bits per heavy atom. The molecule has 0 saturated carbocycles. The van der Waals surface area contributed by atoms with Crippen LogP contribution in [0, 0.1) is 0 Å². The molecule has 1 atom stereocenters. The van der Waals surface area contributed by atoms with Crippen LogP contribution in [0.15, 0.2) is 22.7 Å². The number of benzene rings is 1. The maximum Gasteiger partial charge on any atom is 0.259 e. The Kier molecular flexibility index (Phi) is 2.80. The zero-order valence-electron chi connectivity index (χ0n) is 9.28. The molecule has 1 aromatic rings. The third kappa shape index (κ3) is 1.83. The first-order valence-electron chi connectivity index (χ1n) is 5.70. The summed E-state index contributed by atoms with van der Waals surface area (Å²) in [7, 11) is 0. The Morgan fingerprint density at radius 2 is 2.35 bits per heavy atom.